The quantitative estimate of drug-likeness (QED) is 0.801. The molecule has 0 spiro atoms. The average Bonchev–Trinajstić information content (AvgIpc) is 2.35. The van der Waals surface area contributed by atoms with Gasteiger partial charge in [-0.05, 0) is 18.6 Å². The average molecular weight is 221 g/mol. The third-order valence-corrected chi connectivity index (χ3v) is 2.29. The lowest BCUT2D eigenvalue weighted by molar-refractivity contribution is 0.394. The summed E-state index contributed by atoms with van der Waals surface area (Å²) in [7, 11) is 3.28. The Balaban J connectivity index is 2.89. The Morgan fingerprint density at radius 1 is 1.19 bits per heavy atom. The zero-order valence-electron chi connectivity index (χ0n) is 10.2. The fourth-order valence-electron chi connectivity index (χ4n) is 1.36. The fourth-order valence-corrected chi connectivity index (χ4v) is 1.36. The Morgan fingerprint density at radius 2 is 1.75 bits per heavy atom. The van der Waals surface area contributed by atoms with Crippen LogP contribution in [0, 0.1) is 0 Å². The number of hydrogen-bond donors (Lipinski definition) is 1. The topological polar surface area (TPSA) is 30.5 Å². The van der Waals surface area contributed by atoms with Crippen LogP contribution >= 0.6 is 0 Å². The van der Waals surface area contributed by atoms with Crippen LogP contribution in [-0.4, -0.2) is 20.8 Å². The van der Waals surface area contributed by atoms with Gasteiger partial charge in [0.25, 0.3) is 0 Å². The van der Waals surface area contributed by atoms with Crippen LogP contribution in [0.15, 0.2) is 24.8 Å². The molecule has 0 heterocycles. The van der Waals surface area contributed by atoms with Crippen molar-refractivity contribution in [1.82, 2.24) is 5.32 Å². The largest absolute Gasteiger partial charge is 0.497 e. The molecular formula is C13H19NO2. The second kappa shape index (κ2) is 6.05. The van der Waals surface area contributed by atoms with Gasteiger partial charge < -0.3 is 14.8 Å². The van der Waals surface area contributed by atoms with Crippen LogP contribution in [0.3, 0.4) is 0 Å². The Hall–Kier alpha value is -1.64. The molecule has 0 aliphatic heterocycles. The maximum atomic E-state index is 5.20. The molecule has 0 aliphatic carbocycles. The van der Waals surface area contributed by atoms with E-state index in [1.54, 1.807) is 14.2 Å². The zero-order valence-corrected chi connectivity index (χ0v) is 10.2. The second-order valence-corrected chi connectivity index (χ2v) is 3.51. The van der Waals surface area contributed by atoms with Gasteiger partial charge in [-0.2, -0.15) is 0 Å². The van der Waals surface area contributed by atoms with Gasteiger partial charge in [0.2, 0.25) is 0 Å². The van der Waals surface area contributed by atoms with Crippen molar-refractivity contribution in [3.8, 4) is 11.5 Å². The summed E-state index contributed by atoms with van der Waals surface area (Å²) in [5.41, 5.74) is 1.88. The Bertz CT molecular complexity index is 339. The molecule has 3 nitrogen and oxygen atoms in total. The predicted octanol–water partition coefficient (Wildman–Crippen LogP) is 2.67. The first-order valence-electron chi connectivity index (χ1n) is 5.37. The summed E-state index contributed by atoms with van der Waals surface area (Å²) in [5, 5.41) is 3.25. The first-order valence-corrected chi connectivity index (χ1v) is 5.37. The predicted molar refractivity (Wildman–Crippen MR) is 66.9 cm³/mol. The van der Waals surface area contributed by atoms with E-state index in [0.717, 1.165) is 35.7 Å². The van der Waals surface area contributed by atoms with Crippen molar-refractivity contribution in [3.63, 3.8) is 0 Å². The van der Waals surface area contributed by atoms with Crippen molar-refractivity contribution < 1.29 is 9.47 Å². The lowest BCUT2D eigenvalue weighted by Gasteiger charge is -2.12. The van der Waals surface area contributed by atoms with Crippen molar-refractivity contribution in [2.45, 2.75) is 13.3 Å². The van der Waals surface area contributed by atoms with E-state index in [-0.39, 0.29) is 0 Å². The van der Waals surface area contributed by atoms with Gasteiger partial charge in [0.05, 0.1) is 14.2 Å². The highest BCUT2D eigenvalue weighted by atomic mass is 16.5. The van der Waals surface area contributed by atoms with Crippen molar-refractivity contribution >= 4 is 5.70 Å². The lowest BCUT2D eigenvalue weighted by atomic mass is 10.1. The zero-order chi connectivity index (χ0) is 12.0. The Kier molecular flexibility index (Phi) is 4.70. The van der Waals surface area contributed by atoms with Crippen LogP contribution in [0.2, 0.25) is 0 Å². The molecular weight excluding hydrogens is 202 g/mol. The third kappa shape index (κ3) is 3.19. The van der Waals surface area contributed by atoms with Crippen molar-refractivity contribution in [2.75, 3.05) is 20.8 Å². The van der Waals surface area contributed by atoms with Gasteiger partial charge in [-0.3, -0.25) is 0 Å². The third-order valence-electron chi connectivity index (χ3n) is 2.29. The van der Waals surface area contributed by atoms with Crippen LogP contribution in [-0.2, 0) is 0 Å². The number of ether oxygens (including phenoxy) is 2. The van der Waals surface area contributed by atoms with Gasteiger partial charge in [-0.15, -0.1) is 0 Å². The van der Waals surface area contributed by atoms with Gasteiger partial charge in [-0.25, -0.2) is 0 Å². The standard InChI is InChI=1S/C13H19NO2/c1-5-6-14-10(2)11-7-12(15-3)9-13(8-11)16-4/h7-9,14H,2,5-6H2,1,3-4H3. The summed E-state index contributed by atoms with van der Waals surface area (Å²) < 4.78 is 10.4. The molecule has 0 unspecified atom stereocenters. The van der Waals surface area contributed by atoms with Crippen LogP contribution in [0.4, 0.5) is 0 Å². The Labute approximate surface area is 97.1 Å². The minimum Gasteiger partial charge on any atom is -0.497 e. The van der Waals surface area contributed by atoms with Crippen LogP contribution in [0.5, 0.6) is 11.5 Å². The lowest BCUT2D eigenvalue weighted by Crippen LogP contribution is -2.12. The fraction of sp³-hybridized carbons (Fsp3) is 0.385. The number of hydrogen-bond acceptors (Lipinski definition) is 3. The molecule has 88 valence electrons. The second-order valence-electron chi connectivity index (χ2n) is 3.51. The summed E-state index contributed by atoms with van der Waals surface area (Å²) in [6, 6.07) is 5.72. The van der Waals surface area contributed by atoms with E-state index in [1.165, 1.54) is 0 Å². The van der Waals surface area contributed by atoms with E-state index < -0.39 is 0 Å². The maximum Gasteiger partial charge on any atom is 0.123 e. The van der Waals surface area contributed by atoms with Crippen LogP contribution in [0.25, 0.3) is 5.70 Å². The van der Waals surface area contributed by atoms with Crippen molar-refractivity contribution in [1.29, 1.82) is 0 Å². The monoisotopic (exact) mass is 221 g/mol. The minimum absolute atomic E-state index is 0.772. The van der Waals surface area contributed by atoms with Gasteiger partial charge in [-0.1, -0.05) is 13.5 Å². The molecule has 1 aromatic carbocycles. The van der Waals surface area contributed by atoms with Gasteiger partial charge in [0.1, 0.15) is 11.5 Å². The molecule has 3 heteroatoms. The van der Waals surface area contributed by atoms with E-state index in [2.05, 4.69) is 18.8 Å². The SMILES string of the molecule is C=C(NCCC)c1cc(OC)cc(OC)c1. The van der Waals surface area contributed by atoms with E-state index in [0.29, 0.717) is 0 Å². The number of nitrogens with one attached hydrogen (secondary N) is 1. The minimum atomic E-state index is 0.772. The first kappa shape index (κ1) is 12.4. The van der Waals surface area contributed by atoms with Crippen LogP contribution < -0.4 is 14.8 Å². The normalized spacial score (nSPS) is 9.69. The molecule has 0 radical (unpaired) electrons. The molecule has 0 atom stereocenters. The smallest absolute Gasteiger partial charge is 0.123 e. The van der Waals surface area contributed by atoms with E-state index in [1.807, 2.05) is 18.2 Å². The van der Waals surface area contributed by atoms with Crippen molar-refractivity contribution in [3.05, 3.63) is 30.3 Å². The molecule has 0 bridgehead atoms. The molecule has 0 amide bonds. The molecule has 1 rings (SSSR count). The van der Waals surface area contributed by atoms with Crippen molar-refractivity contribution in [2.24, 2.45) is 0 Å². The molecule has 1 aromatic rings. The van der Waals surface area contributed by atoms with Gasteiger partial charge >= 0.3 is 0 Å². The summed E-state index contributed by atoms with van der Waals surface area (Å²) in [6.45, 7) is 7.02. The number of methoxy groups -OCH3 is 2. The molecule has 0 saturated heterocycles. The summed E-state index contributed by atoms with van der Waals surface area (Å²) in [6.07, 6.45) is 1.07. The summed E-state index contributed by atoms with van der Waals surface area (Å²) in [5.74, 6) is 1.54. The van der Waals surface area contributed by atoms with E-state index >= 15 is 0 Å². The van der Waals surface area contributed by atoms with Gasteiger partial charge in [0, 0.05) is 23.9 Å². The molecule has 0 aliphatic rings. The Morgan fingerprint density at radius 3 is 2.19 bits per heavy atom. The van der Waals surface area contributed by atoms with Gasteiger partial charge in [0.15, 0.2) is 0 Å². The highest BCUT2D eigenvalue weighted by Crippen LogP contribution is 2.25. The van der Waals surface area contributed by atoms with Crippen LogP contribution in [0.1, 0.15) is 18.9 Å². The molecule has 1 N–H and O–H groups in total. The molecule has 0 aromatic heterocycles. The molecule has 0 fully saturated rings. The number of rotatable bonds is 6. The molecule has 0 saturated carbocycles. The summed E-state index contributed by atoms with van der Waals surface area (Å²) in [4.78, 5) is 0. The van der Waals surface area contributed by atoms with E-state index in [4.69, 9.17) is 9.47 Å². The first-order chi connectivity index (χ1) is 7.71. The number of benzene rings is 1. The highest BCUT2D eigenvalue weighted by Gasteiger charge is 2.04. The highest BCUT2D eigenvalue weighted by molar-refractivity contribution is 5.64. The van der Waals surface area contributed by atoms with E-state index in [9.17, 15) is 0 Å². The maximum absolute atomic E-state index is 5.20. The molecule has 16 heavy (non-hydrogen) atoms. The summed E-state index contributed by atoms with van der Waals surface area (Å²) >= 11 is 0.